The van der Waals surface area contributed by atoms with Gasteiger partial charge in [-0.25, -0.2) is 0 Å². The molecule has 0 radical (unpaired) electrons. The summed E-state index contributed by atoms with van der Waals surface area (Å²) < 4.78 is 12.7. The first kappa shape index (κ1) is 21.4. The zero-order valence-electron chi connectivity index (χ0n) is 17.3. The van der Waals surface area contributed by atoms with Crippen LogP contribution in [0.1, 0.15) is 5.56 Å². The molecular weight excluding hydrogens is 426 g/mol. The number of benzene rings is 3. The number of aromatic nitrogens is 4. The molecule has 0 atom stereocenters. The van der Waals surface area contributed by atoms with Gasteiger partial charge >= 0.3 is 0 Å². The normalized spacial score (nSPS) is 10.5. The van der Waals surface area contributed by atoms with Crippen molar-refractivity contribution in [1.29, 1.82) is 0 Å². The standard InChI is InChI=1S/C23H21N5O3S/c1-30-21-10-6-5-9-20(21)28-23(25-26-27-28)32-16-22(29)24-18-11-13-19(14-12-18)31-15-17-7-3-2-4-8-17/h2-14H,15-16H2,1H3,(H,24,29). The van der Waals surface area contributed by atoms with E-state index in [1.54, 1.807) is 11.8 Å². The number of hydrogen-bond donors (Lipinski definition) is 1. The van der Waals surface area contributed by atoms with Crippen LogP contribution in [0.25, 0.3) is 5.69 Å². The van der Waals surface area contributed by atoms with Crippen LogP contribution < -0.4 is 14.8 Å². The molecule has 0 aliphatic carbocycles. The number of rotatable bonds is 9. The van der Waals surface area contributed by atoms with Crippen LogP contribution in [0, 0.1) is 0 Å². The van der Waals surface area contributed by atoms with Crippen LogP contribution in [0.15, 0.2) is 84.0 Å². The molecule has 0 saturated carbocycles. The fraction of sp³-hybridized carbons (Fsp3) is 0.130. The SMILES string of the molecule is COc1ccccc1-n1nnnc1SCC(=O)Nc1ccc(OCc2ccccc2)cc1. The second-order valence-corrected chi connectivity index (χ2v) is 7.62. The quantitative estimate of drug-likeness (QED) is 0.388. The largest absolute Gasteiger partial charge is 0.494 e. The van der Waals surface area contributed by atoms with Crippen molar-refractivity contribution < 1.29 is 14.3 Å². The van der Waals surface area contributed by atoms with E-state index in [1.165, 1.54) is 11.8 Å². The number of methoxy groups -OCH3 is 1. The van der Waals surface area contributed by atoms with Crippen LogP contribution in [-0.4, -0.2) is 39.0 Å². The van der Waals surface area contributed by atoms with Crippen molar-refractivity contribution in [3.8, 4) is 17.2 Å². The Bertz CT molecular complexity index is 1170. The Morgan fingerprint density at radius 3 is 2.53 bits per heavy atom. The number of carbonyl (C=O) groups excluding carboxylic acids is 1. The molecular formula is C23H21N5O3S. The Morgan fingerprint density at radius 1 is 1.00 bits per heavy atom. The van der Waals surface area contributed by atoms with Crippen molar-refractivity contribution in [3.05, 3.63) is 84.4 Å². The lowest BCUT2D eigenvalue weighted by Gasteiger charge is -2.10. The smallest absolute Gasteiger partial charge is 0.234 e. The number of nitrogens with zero attached hydrogens (tertiary/aromatic N) is 4. The monoisotopic (exact) mass is 447 g/mol. The molecule has 4 aromatic rings. The maximum Gasteiger partial charge on any atom is 0.234 e. The Balaban J connectivity index is 1.31. The third-order valence-corrected chi connectivity index (χ3v) is 5.39. The van der Waals surface area contributed by atoms with E-state index in [4.69, 9.17) is 9.47 Å². The molecule has 32 heavy (non-hydrogen) atoms. The maximum absolute atomic E-state index is 12.4. The highest BCUT2D eigenvalue weighted by molar-refractivity contribution is 7.99. The highest BCUT2D eigenvalue weighted by atomic mass is 32.2. The molecule has 0 unspecified atom stereocenters. The summed E-state index contributed by atoms with van der Waals surface area (Å²) in [5, 5.41) is 15.1. The fourth-order valence-electron chi connectivity index (χ4n) is 2.93. The first-order chi connectivity index (χ1) is 15.7. The summed E-state index contributed by atoms with van der Waals surface area (Å²) in [6.45, 7) is 0.490. The lowest BCUT2D eigenvalue weighted by molar-refractivity contribution is -0.113. The minimum absolute atomic E-state index is 0.155. The van der Waals surface area contributed by atoms with Gasteiger partial charge in [0.2, 0.25) is 11.1 Å². The second kappa shape index (κ2) is 10.5. The van der Waals surface area contributed by atoms with E-state index in [0.717, 1.165) is 11.3 Å². The van der Waals surface area contributed by atoms with Crippen LogP contribution in [-0.2, 0) is 11.4 Å². The number of carbonyl (C=O) groups is 1. The number of nitrogens with one attached hydrogen (secondary N) is 1. The second-order valence-electron chi connectivity index (χ2n) is 6.68. The van der Waals surface area contributed by atoms with Gasteiger partial charge in [-0.1, -0.05) is 54.2 Å². The van der Waals surface area contributed by atoms with Crippen LogP contribution in [0.3, 0.4) is 0 Å². The van der Waals surface area contributed by atoms with Crippen molar-refractivity contribution in [2.24, 2.45) is 0 Å². The number of tetrazole rings is 1. The predicted octanol–water partition coefficient (Wildman–Crippen LogP) is 3.98. The molecule has 0 bridgehead atoms. The molecule has 0 spiro atoms. The maximum atomic E-state index is 12.4. The summed E-state index contributed by atoms with van der Waals surface area (Å²) in [7, 11) is 1.58. The van der Waals surface area contributed by atoms with Gasteiger partial charge in [0, 0.05) is 5.69 Å². The van der Waals surface area contributed by atoms with E-state index in [9.17, 15) is 4.79 Å². The Labute approximate surface area is 189 Å². The van der Waals surface area contributed by atoms with Crippen LogP contribution >= 0.6 is 11.8 Å². The minimum atomic E-state index is -0.164. The van der Waals surface area contributed by atoms with Gasteiger partial charge in [-0.3, -0.25) is 4.79 Å². The molecule has 0 fully saturated rings. The lowest BCUT2D eigenvalue weighted by atomic mass is 10.2. The third kappa shape index (κ3) is 5.44. The van der Waals surface area contributed by atoms with Gasteiger partial charge in [0.05, 0.1) is 12.9 Å². The van der Waals surface area contributed by atoms with Crippen LogP contribution in [0.4, 0.5) is 5.69 Å². The molecule has 0 saturated heterocycles. The Morgan fingerprint density at radius 2 is 1.75 bits per heavy atom. The van der Waals surface area contributed by atoms with Crippen molar-refractivity contribution in [2.45, 2.75) is 11.8 Å². The average Bonchev–Trinajstić information content (AvgIpc) is 3.31. The number of amides is 1. The highest BCUT2D eigenvalue weighted by Gasteiger charge is 2.14. The molecule has 162 valence electrons. The summed E-state index contributed by atoms with van der Waals surface area (Å²) in [6.07, 6.45) is 0. The molecule has 0 aliphatic heterocycles. The van der Waals surface area contributed by atoms with Crippen molar-refractivity contribution in [1.82, 2.24) is 20.2 Å². The molecule has 9 heteroatoms. The molecule has 1 aromatic heterocycles. The van der Waals surface area contributed by atoms with Gasteiger partial charge in [0.25, 0.3) is 0 Å². The number of ether oxygens (including phenoxy) is 2. The van der Waals surface area contributed by atoms with Gasteiger partial charge in [0.1, 0.15) is 23.8 Å². The molecule has 1 heterocycles. The van der Waals surface area contributed by atoms with Gasteiger partial charge in [-0.2, -0.15) is 4.68 Å². The molecule has 0 aliphatic rings. The van der Waals surface area contributed by atoms with Gasteiger partial charge in [0.15, 0.2) is 0 Å². The summed E-state index contributed by atoms with van der Waals surface area (Å²) in [4.78, 5) is 12.4. The topological polar surface area (TPSA) is 91.2 Å². The van der Waals surface area contributed by atoms with E-state index in [1.807, 2.05) is 78.9 Å². The van der Waals surface area contributed by atoms with E-state index in [-0.39, 0.29) is 11.7 Å². The number of para-hydroxylation sites is 2. The number of hydrogen-bond acceptors (Lipinski definition) is 7. The molecule has 1 N–H and O–H groups in total. The summed E-state index contributed by atoms with van der Waals surface area (Å²) in [5.41, 5.74) is 2.48. The highest BCUT2D eigenvalue weighted by Crippen LogP contribution is 2.25. The molecule has 1 amide bonds. The van der Waals surface area contributed by atoms with E-state index in [0.29, 0.717) is 28.9 Å². The van der Waals surface area contributed by atoms with Crippen molar-refractivity contribution >= 4 is 23.4 Å². The van der Waals surface area contributed by atoms with Crippen LogP contribution in [0.2, 0.25) is 0 Å². The van der Waals surface area contributed by atoms with E-state index >= 15 is 0 Å². The fourth-order valence-corrected chi connectivity index (χ4v) is 3.61. The third-order valence-electron chi connectivity index (χ3n) is 4.47. The lowest BCUT2D eigenvalue weighted by Crippen LogP contribution is -2.14. The molecule has 3 aromatic carbocycles. The first-order valence-corrected chi connectivity index (χ1v) is 10.8. The summed E-state index contributed by atoms with van der Waals surface area (Å²) >= 11 is 1.24. The van der Waals surface area contributed by atoms with Crippen molar-refractivity contribution in [2.75, 3.05) is 18.2 Å². The summed E-state index contributed by atoms with van der Waals surface area (Å²) in [6, 6.07) is 24.6. The first-order valence-electron chi connectivity index (χ1n) is 9.84. The Hall–Kier alpha value is -3.85. The average molecular weight is 448 g/mol. The number of anilines is 1. The van der Waals surface area contributed by atoms with Crippen molar-refractivity contribution in [3.63, 3.8) is 0 Å². The zero-order valence-corrected chi connectivity index (χ0v) is 18.2. The number of thioether (sulfide) groups is 1. The van der Waals surface area contributed by atoms with Gasteiger partial charge < -0.3 is 14.8 Å². The summed E-state index contributed by atoms with van der Waals surface area (Å²) in [5.74, 6) is 1.36. The van der Waals surface area contributed by atoms with Crippen LogP contribution in [0.5, 0.6) is 11.5 Å². The van der Waals surface area contributed by atoms with Gasteiger partial charge in [-0.15, -0.1) is 5.10 Å². The molecule has 4 rings (SSSR count). The van der Waals surface area contributed by atoms with E-state index < -0.39 is 0 Å². The Kier molecular flexibility index (Phi) is 6.98. The molecule has 8 nitrogen and oxygen atoms in total. The predicted molar refractivity (Wildman–Crippen MR) is 122 cm³/mol. The minimum Gasteiger partial charge on any atom is -0.494 e. The van der Waals surface area contributed by atoms with E-state index in [2.05, 4.69) is 20.8 Å². The zero-order chi connectivity index (χ0) is 22.2. The van der Waals surface area contributed by atoms with Gasteiger partial charge in [-0.05, 0) is 52.4 Å².